The van der Waals surface area contributed by atoms with Gasteiger partial charge in [0.15, 0.2) is 11.5 Å². The molecule has 1 aromatic carbocycles. The maximum absolute atomic E-state index is 6.22. The number of nitrogens with zero attached hydrogens (tertiary/aromatic N) is 2. The lowest BCUT2D eigenvalue weighted by molar-refractivity contribution is 0.134. The lowest BCUT2D eigenvalue weighted by Crippen LogP contribution is -2.30. The van der Waals surface area contributed by atoms with Gasteiger partial charge in [-0.25, -0.2) is 4.98 Å². The number of aliphatic imine (C=N–C) groups is 1. The number of aromatic nitrogens is 1. The van der Waals surface area contributed by atoms with Gasteiger partial charge in [0, 0.05) is 29.3 Å². The summed E-state index contributed by atoms with van der Waals surface area (Å²) in [6.07, 6.45) is 3.40. The van der Waals surface area contributed by atoms with Gasteiger partial charge in [-0.2, -0.15) is 0 Å². The summed E-state index contributed by atoms with van der Waals surface area (Å²) in [5.74, 6) is 1.64. The Balaban J connectivity index is 2.00. The highest BCUT2D eigenvalue weighted by Crippen LogP contribution is 2.47. The summed E-state index contributed by atoms with van der Waals surface area (Å²) in [7, 11) is 1.70. The number of hydrogen-bond acceptors (Lipinski definition) is 4. The molecule has 4 nitrogen and oxygen atoms in total. The smallest absolute Gasteiger partial charge is 0.166 e. The molecule has 0 N–H and O–H groups in total. The van der Waals surface area contributed by atoms with E-state index in [1.165, 1.54) is 11.1 Å². The van der Waals surface area contributed by atoms with Crippen molar-refractivity contribution in [2.75, 3.05) is 7.11 Å². The van der Waals surface area contributed by atoms with E-state index in [9.17, 15) is 0 Å². The monoisotopic (exact) mass is 370 g/mol. The van der Waals surface area contributed by atoms with Crippen LogP contribution >= 0.6 is 11.6 Å². The summed E-state index contributed by atoms with van der Waals surface area (Å²) in [5.41, 5.74) is 5.05. The third-order valence-corrected chi connectivity index (χ3v) is 5.11. The van der Waals surface area contributed by atoms with Gasteiger partial charge >= 0.3 is 0 Å². The van der Waals surface area contributed by atoms with E-state index in [0.29, 0.717) is 5.15 Å². The highest BCUT2D eigenvalue weighted by Gasteiger charge is 2.39. The first-order valence-corrected chi connectivity index (χ1v) is 9.21. The van der Waals surface area contributed by atoms with Crippen molar-refractivity contribution in [1.82, 2.24) is 4.98 Å². The molecule has 0 spiro atoms. The number of methoxy groups -OCH3 is 1. The Kier molecular flexibility index (Phi) is 3.81. The molecule has 1 aromatic heterocycles. The zero-order valence-corrected chi connectivity index (χ0v) is 16.6. The highest BCUT2D eigenvalue weighted by molar-refractivity contribution is 6.30. The quantitative estimate of drug-likeness (QED) is 0.724. The molecular weight excluding hydrogens is 348 g/mol. The number of pyridine rings is 1. The lowest BCUT2D eigenvalue weighted by Gasteiger charge is -2.31. The molecule has 2 aromatic rings. The van der Waals surface area contributed by atoms with Crippen LogP contribution in [0.4, 0.5) is 0 Å². The van der Waals surface area contributed by atoms with E-state index >= 15 is 0 Å². The zero-order chi connectivity index (χ0) is 18.7. The molecule has 0 amide bonds. The minimum absolute atomic E-state index is 0.202. The minimum Gasteiger partial charge on any atom is -0.493 e. The van der Waals surface area contributed by atoms with Crippen molar-refractivity contribution in [1.29, 1.82) is 0 Å². The molecular formula is C21H23ClN2O2. The third kappa shape index (κ3) is 2.86. The second-order valence-corrected chi connectivity index (χ2v) is 8.66. The van der Waals surface area contributed by atoms with Gasteiger partial charge in [-0.05, 0) is 57.9 Å². The molecule has 5 heteroatoms. The molecule has 0 atom stereocenters. The minimum atomic E-state index is -0.265. The number of ether oxygens (including phenoxy) is 2. The molecule has 2 aliphatic heterocycles. The van der Waals surface area contributed by atoms with Crippen LogP contribution in [0, 0.1) is 0 Å². The van der Waals surface area contributed by atoms with Crippen molar-refractivity contribution < 1.29 is 9.47 Å². The number of benzene rings is 1. The van der Waals surface area contributed by atoms with E-state index in [4.69, 9.17) is 26.1 Å². The fourth-order valence-electron chi connectivity index (χ4n) is 3.98. The molecule has 4 rings (SSSR count). The average Bonchev–Trinajstić information content (AvgIpc) is 2.87. The first-order chi connectivity index (χ1) is 12.2. The molecule has 136 valence electrons. The van der Waals surface area contributed by atoms with E-state index in [-0.39, 0.29) is 11.1 Å². The Morgan fingerprint density at radius 1 is 1.15 bits per heavy atom. The summed E-state index contributed by atoms with van der Waals surface area (Å²) in [6, 6.07) is 5.95. The molecule has 0 saturated carbocycles. The number of hydrogen-bond donors (Lipinski definition) is 0. The molecule has 3 heterocycles. The average molecular weight is 371 g/mol. The Bertz CT molecular complexity index is 932. The van der Waals surface area contributed by atoms with Crippen molar-refractivity contribution in [3.05, 3.63) is 51.8 Å². The number of rotatable bonds is 2. The Labute approximate surface area is 159 Å². The Hall–Kier alpha value is -2.07. The number of halogens is 1. The van der Waals surface area contributed by atoms with Gasteiger partial charge in [-0.1, -0.05) is 11.6 Å². The maximum Gasteiger partial charge on any atom is 0.166 e. The normalized spacial score (nSPS) is 19.2. The first-order valence-electron chi connectivity index (χ1n) is 8.83. The molecule has 26 heavy (non-hydrogen) atoms. The van der Waals surface area contributed by atoms with E-state index in [2.05, 4.69) is 38.7 Å². The van der Waals surface area contributed by atoms with Gasteiger partial charge in [-0.15, -0.1) is 0 Å². The summed E-state index contributed by atoms with van der Waals surface area (Å²) in [5, 5.41) is 0.469. The van der Waals surface area contributed by atoms with Gasteiger partial charge in [0.05, 0.1) is 18.4 Å². The second-order valence-electron chi connectivity index (χ2n) is 8.28. The van der Waals surface area contributed by atoms with Gasteiger partial charge in [0.1, 0.15) is 10.8 Å². The van der Waals surface area contributed by atoms with E-state index in [1.807, 2.05) is 12.1 Å². The third-order valence-electron chi connectivity index (χ3n) is 4.90. The van der Waals surface area contributed by atoms with E-state index < -0.39 is 0 Å². The summed E-state index contributed by atoms with van der Waals surface area (Å²) in [6.45, 7) is 8.51. The molecule has 0 saturated heterocycles. The Morgan fingerprint density at radius 2 is 1.92 bits per heavy atom. The fraction of sp³-hybridized carbons (Fsp3) is 0.429. The zero-order valence-electron chi connectivity index (χ0n) is 15.8. The predicted octanol–water partition coefficient (Wildman–Crippen LogP) is 4.63. The Morgan fingerprint density at radius 3 is 2.62 bits per heavy atom. The van der Waals surface area contributed by atoms with Crippen molar-refractivity contribution in [3.63, 3.8) is 0 Å². The van der Waals surface area contributed by atoms with E-state index in [1.54, 1.807) is 13.3 Å². The lowest BCUT2D eigenvalue weighted by atomic mass is 9.81. The first kappa shape index (κ1) is 17.3. The SMILES string of the molecule is COc1cc2c(c3c1OC(C)(C)C3)C(c1ccnc(Cl)c1)=NC(C)(C)C2. The predicted molar refractivity (Wildman–Crippen MR) is 104 cm³/mol. The van der Waals surface area contributed by atoms with Crippen LogP contribution in [-0.2, 0) is 12.8 Å². The summed E-state index contributed by atoms with van der Waals surface area (Å²) < 4.78 is 11.9. The van der Waals surface area contributed by atoms with E-state index in [0.717, 1.165) is 41.2 Å². The second kappa shape index (κ2) is 5.71. The molecule has 0 unspecified atom stereocenters. The van der Waals surface area contributed by atoms with Crippen LogP contribution in [0.15, 0.2) is 29.4 Å². The fourth-order valence-corrected chi connectivity index (χ4v) is 4.15. The summed E-state index contributed by atoms with van der Waals surface area (Å²) in [4.78, 5) is 9.20. The summed E-state index contributed by atoms with van der Waals surface area (Å²) >= 11 is 6.16. The van der Waals surface area contributed by atoms with Crippen molar-refractivity contribution in [3.8, 4) is 11.5 Å². The van der Waals surface area contributed by atoms with Crippen LogP contribution in [0.5, 0.6) is 11.5 Å². The molecule has 2 aliphatic rings. The van der Waals surface area contributed by atoms with Crippen molar-refractivity contribution in [2.45, 2.75) is 51.7 Å². The van der Waals surface area contributed by atoms with Crippen LogP contribution in [0.25, 0.3) is 0 Å². The topological polar surface area (TPSA) is 43.7 Å². The van der Waals surface area contributed by atoms with Crippen LogP contribution in [0.3, 0.4) is 0 Å². The van der Waals surface area contributed by atoms with Gasteiger partial charge < -0.3 is 9.47 Å². The number of fused-ring (bicyclic) bond motifs is 3. The standard InChI is InChI=1S/C21H23ClN2O2/c1-20(2)10-13-8-15(25-5)19-14(11-21(3,4)26-19)17(13)18(24-20)12-6-7-23-16(22)9-12/h6-9H,10-11H2,1-5H3. The van der Waals surface area contributed by atoms with Crippen LogP contribution in [0.1, 0.15) is 49.9 Å². The van der Waals surface area contributed by atoms with Crippen LogP contribution in [-0.4, -0.2) is 28.9 Å². The highest BCUT2D eigenvalue weighted by atomic mass is 35.5. The van der Waals surface area contributed by atoms with Crippen molar-refractivity contribution in [2.24, 2.45) is 4.99 Å². The van der Waals surface area contributed by atoms with Gasteiger partial charge in [-0.3, -0.25) is 4.99 Å². The molecule has 0 aliphatic carbocycles. The van der Waals surface area contributed by atoms with Crippen LogP contribution in [0.2, 0.25) is 5.15 Å². The molecule has 0 fully saturated rings. The molecule has 0 bridgehead atoms. The molecule has 0 radical (unpaired) electrons. The largest absolute Gasteiger partial charge is 0.493 e. The van der Waals surface area contributed by atoms with Crippen LogP contribution < -0.4 is 9.47 Å². The maximum atomic E-state index is 6.22. The van der Waals surface area contributed by atoms with Crippen molar-refractivity contribution >= 4 is 17.3 Å². The van der Waals surface area contributed by atoms with Gasteiger partial charge in [0.2, 0.25) is 0 Å². The van der Waals surface area contributed by atoms with Gasteiger partial charge in [0.25, 0.3) is 0 Å².